The van der Waals surface area contributed by atoms with Crippen LogP contribution in [0.4, 0.5) is 13.2 Å². The number of alkyl halides is 3. The summed E-state index contributed by atoms with van der Waals surface area (Å²) >= 11 is 7.78. The Labute approximate surface area is 247 Å². The maximum Gasteiger partial charge on any atom is 0.421 e. The van der Waals surface area contributed by atoms with E-state index in [0.29, 0.717) is 49.0 Å². The van der Waals surface area contributed by atoms with Crippen LogP contribution in [0.1, 0.15) is 53.1 Å². The number of rotatable bonds is 7. The van der Waals surface area contributed by atoms with Crippen LogP contribution in [0.2, 0.25) is 5.02 Å². The highest BCUT2D eigenvalue weighted by Crippen LogP contribution is 2.40. The van der Waals surface area contributed by atoms with Gasteiger partial charge in [-0.2, -0.15) is 21.6 Å². The molecule has 1 atom stereocenters. The molecule has 1 fully saturated rings. The monoisotopic (exact) mass is 644 g/mol. The van der Waals surface area contributed by atoms with Crippen molar-refractivity contribution in [3.8, 4) is 5.75 Å². The van der Waals surface area contributed by atoms with Crippen molar-refractivity contribution in [3.05, 3.63) is 79.1 Å². The number of carbonyl (C=O) groups is 1. The number of amides is 1. The molecule has 0 radical (unpaired) electrons. The molecule has 0 spiro atoms. The number of benzene rings is 1. The number of piperidine rings is 1. The summed E-state index contributed by atoms with van der Waals surface area (Å²) in [7, 11) is -3.80. The highest BCUT2D eigenvalue weighted by atomic mass is 35.5. The van der Waals surface area contributed by atoms with Crippen LogP contribution in [0.3, 0.4) is 0 Å². The van der Waals surface area contributed by atoms with Gasteiger partial charge in [0.25, 0.3) is 5.56 Å². The molecule has 1 amide bonds. The molecule has 1 saturated heterocycles. The Morgan fingerprint density at radius 2 is 1.95 bits per heavy atom. The van der Waals surface area contributed by atoms with E-state index in [0.717, 1.165) is 21.9 Å². The number of thiazole rings is 1. The molecule has 2 aliphatic rings. The Hall–Kier alpha value is -3.43. The fourth-order valence-electron chi connectivity index (χ4n) is 4.86. The predicted molar refractivity (Wildman–Crippen MR) is 148 cm³/mol. The lowest BCUT2D eigenvalue weighted by molar-refractivity contribution is -0.139. The molecule has 0 bridgehead atoms. The van der Waals surface area contributed by atoms with E-state index in [4.69, 9.17) is 25.6 Å². The topological polar surface area (TPSA) is 120 Å². The third-order valence-corrected chi connectivity index (χ3v) is 8.71. The number of nitrogens with zero attached hydrogens (tertiary/aromatic N) is 4. The molecule has 10 nitrogen and oxygen atoms in total. The number of carbonyl (C=O) groups excluding carboxylic acids is 1. The number of hydrogen-bond acceptors (Lipinski definition) is 9. The van der Waals surface area contributed by atoms with Crippen molar-refractivity contribution in [2.45, 2.75) is 44.0 Å². The second kappa shape index (κ2) is 11.7. The summed E-state index contributed by atoms with van der Waals surface area (Å²) in [5.74, 6) is -0.317. The fraction of sp³-hybridized carbons (Fsp3) is 0.385. The zero-order valence-corrected chi connectivity index (χ0v) is 24.4. The highest BCUT2D eigenvalue weighted by Gasteiger charge is 2.35. The lowest BCUT2D eigenvalue weighted by atomic mass is 9.97. The van der Waals surface area contributed by atoms with Crippen LogP contribution in [0.25, 0.3) is 0 Å². The lowest BCUT2D eigenvalue weighted by Crippen LogP contribution is -2.41. The molecule has 5 rings (SSSR count). The van der Waals surface area contributed by atoms with Crippen LogP contribution in [-0.4, -0.2) is 53.8 Å². The molecule has 2 aromatic heterocycles. The first kappa shape index (κ1) is 30.0. The van der Waals surface area contributed by atoms with Gasteiger partial charge in [-0.05, 0) is 37.1 Å². The molecule has 4 heterocycles. The number of pyridine rings is 1. The van der Waals surface area contributed by atoms with E-state index in [1.807, 2.05) is 5.38 Å². The molecule has 224 valence electrons. The molecule has 3 aromatic rings. The highest BCUT2D eigenvalue weighted by molar-refractivity contribution is 7.86. The third-order valence-electron chi connectivity index (χ3n) is 6.89. The second-order valence-electron chi connectivity index (χ2n) is 9.85. The van der Waals surface area contributed by atoms with Crippen molar-refractivity contribution in [2.24, 2.45) is 5.16 Å². The first-order valence-corrected chi connectivity index (χ1v) is 15.8. The summed E-state index contributed by atoms with van der Waals surface area (Å²) in [6.45, 7) is 0.264. The maximum absolute atomic E-state index is 13.0. The molecule has 2 aliphatic heterocycles. The van der Waals surface area contributed by atoms with Crippen LogP contribution in [0.15, 0.2) is 51.9 Å². The van der Waals surface area contributed by atoms with Crippen molar-refractivity contribution in [3.63, 3.8) is 0 Å². The molecule has 0 saturated carbocycles. The minimum atomic E-state index is -4.80. The van der Waals surface area contributed by atoms with E-state index in [-0.39, 0.29) is 23.1 Å². The van der Waals surface area contributed by atoms with Gasteiger partial charge in [0.1, 0.15) is 17.8 Å². The summed E-state index contributed by atoms with van der Waals surface area (Å²) in [4.78, 5) is 36.8. The second-order valence-corrected chi connectivity index (χ2v) is 12.7. The number of likely N-dealkylation sites (tertiary alicyclic amines) is 1. The Morgan fingerprint density at radius 3 is 2.64 bits per heavy atom. The fourth-order valence-corrected chi connectivity index (χ4v) is 6.61. The summed E-state index contributed by atoms with van der Waals surface area (Å²) in [6.07, 6.45) is -1.89. The zero-order chi connectivity index (χ0) is 30.2. The first-order chi connectivity index (χ1) is 19.8. The number of aromatic nitrogens is 2. The summed E-state index contributed by atoms with van der Waals surface area (Å²) in [6, 6.07) is 6.45. The number of oxime groups is 1. The van der Waals surface area contributed by atoms with E-state index in [9.17, 15) is 31.2 Å². The van der Waals surface area contributed by atoms with Crippen molar-refractivity contribution in [2.75, 3.05) is 19.3 Å². The van der Waals surface area contributed by atoms with Gasteiger partial charge in [-0.15, -0.1) is 11.3 Å². The normalized spacial score (nSPS) is 18.1. The maximum atomic E-state index is 13.0. The van der Waals surface area contributed by atoms with E-state index in [2.05, 4.69) is 5.16 Å². The minimum Gasteiger partial charge on any atom is -0.387 e. The standard InChI is InChI=1S/C26H24ClF3N4O6S2/c1-42(37,38)40-20-6-2-5-17(27)23(20)21-12-18(32-39-21)19-14-41-24(31-19)15-7-10-33(11-8-15)22(35)13-34-9-3-4-16(25(34)36)26(28,29)30/h2-6,9,14-15,21H,7-8,10-13H2,1H3. The van der Waals surface area contributed by atoms with E-state index in [1.54, 1.807) is 12.1 Å². The average Bonchev–Trinajstić information content (AvgIpc) is 3.59. The van der Waals surface area contributed by atoms with E-state index >= 15 is 0 Å². The largest absolute Gasteiger partial charge is 0.421 e. The van der Waals surface area contributed by atoms with Crippen LogP contribution in [0, 0.1) is 0 Å². The summed E-state index contributed by atoms with van der Waals surface area (Å²) < 4.78 is 68.4. The molecule has 42 heavy (non-hydrogen) atoms. The lowest BCUT2D eigenvalue weighted by Gasteiger charge is -2.31. The molecule has 1 unspecified atom stereocenters. The third kappa shape index (κ3) is 6.63. The van der Waals surface area contributed by atoms with Gasteiger partial charge in [-0.25, -0.2) is 4.98 Å². The minimum absolute atomic E-state index is 0.0566. The van der Waals surface area contributed by atoms with Crippen LogP contribution in [0.5, 0.6) is 5.75 Å². The summed E-state index contributed by atoms with van der Waals surface area (Å²) in [5, 5.41) is 7.11. The Balaban J connectivity index is 1.19. The molecule has 0 N–H and O–H groups in total. The quantitative estimate of drug-likeness (QED) is 0.345. The van der Waals surface area contributed by atoms with Crippen molar-refractivity contribution in [1.82, 2.24) is 14.5 Å². The molecule has 0 aliphatic carbocycles. The van der Waals surface area contributed by atoms with Gasteiger partial charge in [0, 0.05) is 37.0 Å². The van der Waals surface area contributed by atoms with Crippen molar-refractivity contribution < 1.29 is 35.4 Å². The van der Waals surface area contributed by atoms with Crippen LogP contribution >= 0.6 is 22.9 Å². The Morgan fingerprint density at radius 1 is 1.21 bits per heavy atom. The van der Waals surface area contributed by atoms with E-state index < -0.39 is 46.0 Å². The predicted octanol–water partition coefficient (Wildman–Crippen LogP) is 4.59. The molecular formula is C26H24ClF3N4O6S2. The zero-order valence-electron chi connectivity index (χ0n) is 22.0. The van der Waals surface area contributed by atoms with Gasteiger partial charge in [-0.3, -0.25) is 9.59 Å². The van der Waals surface area contributed by atoms with Crippen molar-refractivity contribution >= 4 is 44.7 Å². The van der Waals surface area contributed by atoms with Crippen LogP contribution < -0.4 is 9.74 Å². The number of halogens is 4. The molecular weight excluding hydrogens is 621 g/mol. The summed E-state index contributed by atoms with van der Waals surface area (Å²) in [5.41, 5.74) is -1.03. The Bertz CT molecular complexity index is 1700. The smallest absolute Gasteiger partial charge is 0.387 e. The molecule has 16 heteroatoms. The van der Waals surface area contributed by atoms with Gasteiger partial charge < -0.3 is 18.5 Å². The first-order valence-electron chi connectivity index (χ1n) is 12.7. The Kier molecular flexibility index (Phi) is 8.36. The van der Waals surface area contributed by atoms with Gasteiger partial charge in [0.15, 0.2) is 11.9 Å². The van der Waals surface area contributed by atoms with Gasteiger partial charge in [0.2, 0.25) is 5.91 Å². The number of hydrogen-bond donors (Lipinski definition) is 0. The van der Waals surface area contributed by atoms with Gasteiger partial charge >= 0.3 is 16.3 Å². The van der Waals surface area contributed by atoms with Gasteiger partial charge in [-0.1, -0.05) is 22.8 Å². The van der Waals surface area contributed by atoms with E-state index in [1.165, 1.54) is 28.5 Å². The van der Waals surface area contributed by atoms with Crippen LogP contribution in [-0.2, 0) is 32.5 Å². The van der Waals surface area contributed by atoms with Gasteiger partial charge in [0.05, 0.1) is 27.5 Å². The SMILES string of the molecule is CS(=O)(=O)Oc1cccc(Cl)c1C1CC(c2csc(C3CCN(C(=O)Cn4cccc(C(F)(F)F)c4=O)CC3)n2)=NO1. The average molecular weight is 645 g/mol. The van der Waals surface area contributed by atoms with Crippen molar-refractivity contribution in [1.29, 1.82) is 0 Å². The molecule has 1 aromatic carbocycles.